The molecule has 1 saturated carbocycles. The van der Waals surface area contributed by atoms with Crippen molar-refractivity contribution in [1.82, 2.24) is 4.90 Å². The Bertz CT molecular complexity index is 920. The lowest BCUT2D eigenvalue weighted by Gasteiger charge is -2.35. The van der Waals surface area contributed by atoms with Crippen LogP contribution in [0.1, 0.15) is 55.7 Å². The minimum atomic E-state index is -0.882. The topological polar surface area (TPSA) is 46.3 Å². The number of carbonyl (C=O) groups is 1. The molecule has 2 N–H and O–H groups in total. The number of hydrogen-bond acceptors (Lipinski definition) is 2. The van der Waals surface area contributed by atoms with Crippen LogP contribution in [0.4, 0.5) is 8.78 Å². The Morgan fingerprint density at radius 2 is 1.76 bits per heavy atom. The van der Waals surface area contributed by atoms with Crippen molar-refractivity contribution in [3.63, 3.8) is 0 Å². The van der Waals surface area contributed by atoms with E-state index in [9.17, 15) is 13.6 Å². The fourth-order valence-electron chi connectivity index (χ4n) is 4.55. The van der Waals surface area contributed by atoms with Crippen molar-refractivity contribution in [2.24, 2.45) is 5.73 Å². The lowest BCUT2D eigenvalue weighted by atomic mass is 9.80. The molecule has 5 heteroatoms. The second-order valence-electron chi connectivity index (χ2n) is 8.27. The number of benzene rings is 2. The molecule has 3 nitrogen and oxygen atoms in total. The molecule has 1 aliphatic carbocycles. The summed E-state index contributed by atoms with van der Waals surface area (Å²) in [7, 11) is 0. The van der Waals surface area contributed by atoms with Crippen LogP contribution in [0.25, 0.3) is 5.57 Å². The van der Waals surface area contributed by atoms with Gasteiger partial charge in [-0.1, -0.05) is 67.8 Å². The van der Waals surface area contributed by atoms with Gasteiger partial charge in [0, 0.05) is 24.1 Å². The van der Waals surface area contributed by atoms with Crippen LogP contribution < -0.4 is 5.73 Å². The molecule has 1 unspecified atom stereocenters. The van der Waals surface area contributed by atoms with Crippen LogP contribution in [-0.2, 0) is 4.79 Å². The second kappa shape index (κ2) is 8.07. The Balaban J connectivity index is 1.64. The molecule has 1 amide bonds. The van der Waals surface area contributed by atoms with Crippen molar-refractivity contribution in [3.8, 4) is 0 Å². The smallest absolute Gasteiger partial charge is 0.225 e. The van der Waals surface area contributed by atoms with Gasteiger partial charge in [0.2, 0.25) is 5.91 Å². The minimum Gasteiger partial charge on any atom is -0.328 e. The summed E-state index contributed by atoms with van der Waals surface area (Å²) in [4.78, 5) is 15.0. The number of halogens is 2. The first-order valence-electron chi connectivity index (χ1n) is 10.3. The van der Waals surface area contributed by atoms with Crippen molar-refractivity contribution in [1.29, 1.82) is 0 Å². The van der Waals surface area contributed by atoms with Gasteiger partial charge < -0.3 is 10.6 Å². The summed E-state index contributed by atoms with van der Waals surface area (Å²) in [5.74, 6) is -1.79. The van der Waals surface area contributed by atoms with Gasteiger partial charge in [-0.3, -0.25) is 4.79 Å². The first-order valence-corrected chi connectivity index (χ1v) is 10.3. The van der Waals surface area contributed by atoms with Crippen molar-refractivity contribution < 1.29 is 13.6 Å². The quantitative estimate of drug-likeness (QED) is 0.792. The van der Waals surface area contributed by atoms with Gasteiger partial charge in [-0.25, -0.2) is 8.78 Å². The second-order valence-corrected chi connectivity index (χ2v) is 8.27. The number of amides is 1. The molecule has 0 spiro atoms. The summed E-state index contributed by atoms with van der Waals surface area (Å²) >= 11 is 0. The summed E-state index contributed by atoms with van der Waals surface area (Å²) in [6.07, 6.45) is 7.10. The van der Waals surface area contributed by atoms with E-state index in [4.69, 9.17) is 5.73 Å². The van der Waals surface area contributed by atoms with Gasteiger partial charge in [0.15, 0.2) is 11.6 Å². The van der Waals surface area contributed by atoms with E-state index in [-0.39, 0.29) is 30.5 Å². The first-order chi connectivity index (χ1) is 14.0. The normalized spacial score (nSPS) is 21.1. The van der Waals surface area contributed by atoms with Gasteiger partial charge in [0.25, 0.3) is 0 Å². The highest BCUT2D eigenvalue weighted by molar-refractivity contribution is 5.84. The molecule has 0 saturated heterocycles. The van der Waals surface area contributed by atoms with Crippen LogP contribution in [0.15, 0.2) is 54.6 Å². The summed E-state index contributed by atoms with van der Waals surface area (Å²) in [6, 6.07) is 13.5. The van der Waals surface area contributed by atoms with Crippen LogP contribution >= 0.6 is 0 Å². The molecule has 2 aromatic carbocycles. The van der Waals surface area contributed by atoms with E-state index in [1.54, 1.807) is 11.0 Å². The van der Waals surface area contributed by atoms with Gasteiger partial charge in [0.05, 0.1) is 6.04 Å². The van der Waals surface area contributed by atoms with Crippen LogP contribution in [0.2, 0.25) is 0 Å². The molecular weight excluding hydrogens is 370 g/mol. The van der Waals surface area contributed by atoms with E-state index in [1.165, 1.54) is 6.07 Å². The third-order valence-electron chi connectivity index (χ3n) is 6.15. The zero-order chi connectivity index (χ0) is 20.4. The van der Waals surface area contributed by atoms with Crippen molar-refractivity contribution >= 4 is 11.5 Å². The molecule has 1 aliphatic heterocycles. The van der Waals surface area contributed by atoms with E-state index in [0.717, 1.165) is 43.7 Å². The highest BCUT2D eigenvalue weighted by Crippen LogP contribution is 2.38. The van der Waals surface area contributed by atoms with Crippen molar-refractivity contribution in [2.75, 3.05) is 6.54 Å². The summed E-state index contributed by atoms with van der Waals surface area (Å²) in [5, 5.41) is 0. The zero-order valence-corrected chi connectivity index (χ0v) is 16.4. The molecule has 152 valence electrons. The standard InChI is InChI=1S/C24H26F2N2O/c25-20-11-7-10-19(23(20)26)18-14-21(17-8-3-1-4-9-17)28(16-18)22(29)15-24(27)12-5-2-6-13-24/h1,3-4,7-11,14,21H,2,5-6,12-13,15-16,27H2. The zero-order valence-electron chi connectivity index (χ0n) is 16.4. The number of nitrogens with zero attached hydrogens (tertiary/aromatic N) is 1. The third kappa shape index (κ3) is 4.10. The number of carbonyl (C=O) groups excluding carboxylic acids is 1. The van der Waals surface area contributed by atoms with E-state index in [0.29, 0.717) is 5.57 Å². The van der Waals surface area contributed by atoms with Gasteiger partial charge in [-0.15, -0.1) is 0 Å². The SMILES string of the molecule is NC1(CC(=O)N2CC(c3cccc(F)c3F)=CC2c2ccccc2)CCCCC1. The van der Waals surface area contributed by atoms with Gasteiger partial charge in [-0.2, -0.15) is 0 Å². The predicted octanol–water partition coefficient (Wildman–Crippen LogP) is 4.98. The van der Waals surface area contributed by atoms with E-state index < -0.39 is 17.2 Å². The monoisotopic (exact) mass is 396 g/mol. The Labute approximate surface area is 170 Å². The molecule has 29 heavy (non-hydrogen) atoms. The van der Waals surface area contributed by atoms with Crippen LogP contribution in [0, 0.1) is 11.6 Å². The fraction of sp³-hybridized carbons (Fsp3) is 0.375. The summed E-state index contributed by atoms with van der Waals surface area (Å²) < 4.78 is 28.2. The van der Waals surface area contributed by atoms with Crippen LogP contribution in [0.5, 0.6) is 0 Å². The van der Waals surface area contributed by atoms with E-state index in [2.05, 4.69) is 0 Å². The van der Waals surface area contributed by atoms with Gasteiger partial charge in [0.1, 0.15) is 0 Å². The van der Waals surface area contributed by atoms with E-state index >= 15 is 0 Å². The maximum absolute atomic E-state index is 14.4. The summed E-state index contributed by atoms with van der Waals surface area (Å²) in [5.41, 5.74) is 7.84. The molecule has 0 bridgehead atoms. The van der Waals surface area contributed by atoms with Crippen LogP contribution in [0.3, 0.4) is 0 Å². The number of nitrogens with two attached hydrogens (primary N) is 1. The molecule has 1 heterocycles. The van der Waals surface area contributed by atoms with E-state index in [1.807, 2.05) is 36.4 Å². The van der Waals surface area contributed by atoms with Crippen molar-refractivity contribution in [3.05, 3.63) is 77.4 Å². The average Bonchev–Trinajstić information content (AvgIpc) is 3.16. The molecule has 1 fully saturated rings. The van der Waals surface area contributed by atoms with Crippen molar-refractivity contribution in [2.45, 2.75) is 50.1 Å². The maximum atomic E-state index is 14.4. The largest absolute Gasteiger partial charge is 0.328 e. The minimum absolute atomic E-state index is 0.0358. The molecule has 0 aromatic heterocycles. The molecule has 0 radical (unpaired) electrons. The van der Waals surface area contributed by atoms with Gasteiger partial charge >= 0.3 is 0 Å². The highest BCUT2D eigenvalue weighted by Gasteiger charge is 2.36. The third-order valence-corrected chi connectivity index (χ3v) is 6.15. The predicted molar refractivity (Wildman–Crippen MR) is 110 cm³/mol. The van der Waals surface area contributed by atoms with Crippen LogP contribution in [-0.4, -0.2) is 22.9 Å². The lowest BCUT2D eigenvalue weighted by Crippen LogP contribution is -2.47. The molecule has 2 aliphatic rings. The number of hydrogen-bond donors (Lipinski definition) is 1. The number of rotatable bonds is 4. The molecule has 2 aromatic rings. The fourth-order valence-corrected chi connectivity index (χ4v) is 4.55. The Morgan fingerprint density at radius 3 is 2.48 bits per heavy atom. The van der Waals surface area contributed by atoms with Gasteiger partial charge in [-0.05, 0) is 30.0 Å². The average molecular weight is 396 g/mol. The Morgan fingerprint density at radius 1 is 1.03 bits per heavy atom. The maximum Gasteiger partial charge on any atom is 0.225 e. The Kier molecular flexibility index (Phi) is 5.50. The first kappa shape index (κ1) is 19.8. The molecule has 1 atom stereocenters. The molecular formula is C24H26F2N2O. The lowest BCUT2D eigenvalue weighted by molar-refractivity contribution is -0.133. The summed E-state index contributed by atoms with van der Waals surface area (Å²) in [6.45, 7) is 0.245. The Hall–Kier alpha value is -2.53. The highest BCUT2D eigenvalue weighted by atomic mass is 19.2. The molecule has 4 rings (SSSR count).